The third-order valence-electron chi connectivity index (χ3n) is 2.96. The van der Waals surface area contributed by atoms with Crippen LogP contribution in [-0.4, -0.2) is 19.3 Å². The van der Waals surface area contributed by atoms with Crippen molar-refractivity contribution in [3.05, 3.63) is 54.1 Å². The van der Waals surface area contributed by atoms with E-state index in [0.29, 0.717) is 0 Å². The van der Waals surface area contributed by atoms with Crippen LogP contribution in [0.15, 0.2) is 48.5 Å². The van der Waals surface area contributed by atoms with Gasteiger partial charge in [0.1, 0.15) is 5.75 Å². The van der Waals surface area contributed by atoms with Crippen LogP contribution in [-0.2, 0) is 24.7 Å². The Hall–Kier alpha value is -1.65. The van der Waals surface area contributed by atoms with Gasteiger partial charge in [-0.25, -0.2) is 4.57 Å². The van der Waals surface area contributed by atoms with Crippen molar-refractivity contribution < 1.29 is 23.2 Å². The maximum absolute atomic E-state index is 11.8. The van der Waals surface area contributed by atoms with Crippen molar-refractivity contribution in [1.82, 2.24) is 0 Å². The van der Waals surface area contributed by atoms with Crippen LogP contribution in [0, 0.1) is 0 Å². The van der Waals surface area contributed by atoms with Crippen LogP contribution >= 0.6 is 7.82 Å². The molecule has 6 heteroatoms. The molecule has 2 rings (SSSR count). The van der Waals surface area contributed by atoms with Crippen molar-refractivity contribution in [1.29, 1.82) is 0 Å². The van der Waals surface area contributed by atoms with Gasteiger partial charge in [-0.2, -0.15) is 0 Å². The summed E-state index contributed by atoms with van der Waals surface area (Å²) >= 11 is 0. The van der Waals surface area contributed by atoms with Crippen LogP contribution in [0.5, 0.6) is 5.75 Å². The number of hydrogen-bond acceptors (Lipinski definition) is 5. The van der Waals surface area contributed by atoms with E-state index >= 15 is 0 Å². The van der Waals surface area contributed by atoms with Crippen molar-refractivity contribution in [2.75, 3.05) is 14.2 Å². The lowest BCUT2D eigenvalue weighted by atomic mass is 10.0. The topological polar surface area (TPSA) is 65.0 Å². The third kappa shape index (κ3) is 4.16. The van der Waals surface area contributed by atoms with Crippen LogP contribution in [0.1, 0.15) is 5.56 Å². The minimum Gasteiger partial charge on any atom is -0.508 e. The number of phenolic OH excluding ortho intramolecular Hbond substituents is 1. The van der Waals surface area contributed by atoms with E-state index in [1.807, 2.05) is 36.4 Å². The first kappa shape index (κ1) is 15.7. The Morgan fingerprint density at radius 2 is 1.67 bits per heavy atom. The molecule has 0 amide bonds. The molecular formula is C15H17O5P. The van der Waals surface area contributed by atoms with Gasteiger partial charge in [0, 0.05) is 14.2 Å². The van der Waals surface area contributed by atoms with Gasteiger partial charge in [-0.1, -0.05) is 30.3 Å². The van der Waals surface area contributed by atoms with E-state index < -0.39 is 7.82 Å². The first-order valence-electron chi connectivity index (χ1n) is 6.31. The Balaban J connectivity index is 2.15. The summed E-state index contributed by atoms with van der Waals surface area (Å²) in [6.45, 7) is 0.116. The summed E-state index contributed by atoms with van der Waals surface area (Å²) in [5.74, 6) is 0.222. The van der Waals surface area contributed by atoms with E-state index in [9.17, 15) is 9.67 Å². The lowest BCUT2D eigenvalue weighted by molar-refractivity contribution is 0.146. The van der Waals surface area contributed by atoms with Crippen LogP contribution in [0.2, 0.25) is 0 Å². The molecule has 0 bridgehead atoms. The smallest absolute Gasteiger partial charge is 0.474 e. The predicted octanol–water partition coefficient (Wildman–Crippen LogP) is 3.98. The maximum atomic E-state index is 11.8. The highest BCUT2D eigenvalue weighted by atomic mass is 31.2. The Morgan fingerprint density at radius 3 is 2.29 bits per heavy atom. The number of hydrogen-bond donors (Lipinski definition) is 1. The number of aromatic hydroxyl groups is 1. The number of benzene rings is 2. The summed E-state index contributed by atoms with van der Waals surface area (Å²) in [4.78, 5) is 0. The molecule has 21 heavy (non-hydrogen) atoms. The van der Waals surface area contributed by atoms with Crippen LogP contribution < -0.4 is 0 Å². The molecule has 0 fully saturated rings. The summed E-state index contributed by atoms with van der Waals surface area (Å²) in [5.41, 5.74) is 2.78. The van der Waals surface area contributed by atoms with Gasteiger partial charge < -0.3 is 5.11 Å². The molecule has 0 atom stereocenters. The average Bonchev–Trinajstić information content (AvgIpc) is 2.53. The van der Waals surface area contributed by atoms with E-state index in [1.165, 1.54) is 14.2 Å². The first-order valence-corrected chi connectivity index (χ1v) is 7.77. The van der Waals surface area contributed by atoms with Crippen LogP contribution in [0.4, 0.5) is 0 Å². The first-order chi connectivity index (χ1) is 10.1. The predicted molar refractivity (Wildman–Crippen MR) is 80.0 cm³/mol. The van der Waals surface area contributed by atoms with Gasteiger partial charge in [-0.15, -0.1) is 0 Å². The quantitative estimate of drug-likeness (QED) is 0.818. The SMILES string of the molecule is COP(=O)(OC)OCc1cccc(-c2ccc(O)cc2)c1. The molecule has 0 saturated heterocycles. The van der Waals surface area contributed by atoms with Gasteiger partial charge >= 0.3 is 7.82 Å². The molecule has 2 aromatic carbocycles. The summed E-state index contributed by atoms with van der Waals surface area (Å²) in [7, 11) is -0.923. The van der Waals surface area contributed by atoms with Gasteiger partial charge in [0.15, 0.2) is 0 Å². The molecule has 0 heterocycles. The number of rotatable bonds is 6. The van der Waals surface area contributed by atoms with Gasteiger partial charge in [0.2, 0.25) is 0 Å². The second-order valence-electron chi connectivity index (χ2n) is 4.33. The Kier molecular flexibility index (Phi) is 5.15. The Labute approximate surface area is 123 Å². The van der Waals surface area contributed by atoms with Gasteiger partial charge in [0.05, 0.1) is 6.61 Å². The van der Waals surface area contributed by atoms with E-state index in [-0.39, 0.29) is 12.4 Å². The summed E-state index contributed by atoms with van der Waals surface area (Å²) in [6.07, 6.45) is 0. The molecule has 0 aromatic heterocycles. The van der Waals surface area contributed by atoms with E-state index in [1.54, 1.807) is 12.1 Å². The zero-order valence-corrected chi connectivity index (χ0v) is 12.7. The minimum atomic E-state index is -3.47. The molecule has 0 aliphatic rings. The van der Waals surface area contributed by atoms with Crippen molar-refractivity contribution in [2.24, 2.45) is 0 Å². The normalized spacial score (nSPS) is 11.5. The van der Waals surface area contributed by atoms with Crippen LogP contribution in [0.25, 0.3) is 11.1 Å². The maximum Gasteiger partial charge on any atom is 0.474 e. The zero-order valence-electron chi connectivity index (χ0n) is 11.9. The Bertz CT molecular complexity index is 631. The van der Waals surface area contributed by atoms with Crippen molar-refractivity contribution in [3.63, 3.8) is 0 Å². The standard InChI is InChI=1S/C15H17O5P/c1-18-21(17,19-2)20-11-12-4-3-5-14(10-12)13-6-8-15(16)9-7-13/h3-10,16H,11H2,1-2H3. The van der Waals surface area contributed by atoms with E-state index in [4.69, 9.17) is 13.6 Å². The van der Waals surface area contributed by atoms with Gasteiger partial charge in [-0.05, 0) is 34.9 Å². The van der Waals surface area contributed by atoms with Crippen molar-refractivity contribution >= 4 is 7.82 Å². The molecule has 0 unspecified atom stereocenters. The molecule has 0 aliphatic carbocycles. The highest BCUT2D eigenvalue weighted by Crippen LogP contribution is 2.48. The minimum absolute atomic E-state index is 0.116. The van der Waals surface area contributed by atoms with Crippen LogP contribution in [0.3, 0.4) is 0 Å². The molecule has 0 spiro atoms. The molecule has 2 aromatic rings. The average molecular weight is 308 g/mol. The van der Waals surface area contributed by atoms with E-state index in [2.05, 4.69) is 0 Å². The Morgan fingerprint density at radius 1 is 1.00 bits per heavy atom. The van der Waals surface area contributed by atoms with Crippen molar-refractivity contribution in [3.8, 4) is 16.9 Å². The summed E-state index contributed by atoms with van der Waals surface area (Å²) < 4.78 is 26.5. The molecule has 1 N–H and O–H groups in total. The fraction of sp³-hybridized carbons (Fsp3) is 0.200. The molecule has 5 nitrogen and oxygen atoms in total. The molecule has 112 valence electrons. The lowest BCUT2D eigenvalue weighted by Crippen LogP contribution is -1.96. The second-order valence-corrected chi connectivity index (χ2v) is 6.22. The highest BCUT2D eigenvalue weighted by Gasteiger charge is 2.22. The second kappa shape index (κ2) is 6.87. The summed E-state index contributed by atoms with van der Waals surface area (Å²) in [6, 6.07) is 14.5. The lowest BCUT2D eigenvalue weighted by Gasteiger charge is -2.13. The van der Waals surface area contributed by atoms with E-state index in [0.717, 1.165) is 16.7 Å². The molecule has 0 radical (unpaired) electrons. The summed E-state index contributed by atoms with van der Waals surface area (Å²) in [5, 5.41) is 9.31. The molecular weight excluding hydrogens is 291 g/mol. The number of phenols is 1. The molecule has 0 aliphatic heterocycles. The number of phosphoric acid groups is 1. The highest BCUT2D eigenvalue weighted by molar-refractivity contribution is 7.48. The number of phosphoric ester groups is 1. The van der Waals surface area contributed by atoms with Crippen molar-refractivity contribution in [2.45, 2.75) is 6.61 Å². The fourth-order valence-electron chi connectivity index (χ4n) is 1.83. The largest absolute Gasteiger partial charge is 0.508 e. The van der Waals surface area contributed by atoms with Gasteiger partial charge in [-0.3, -0.25) is 13.6 Å². The van der Waals surface area contributed by atoms with Gasteiger partial charge in [0.25, 0.3) is 0 Å². The third-order valence-corrected chi connectivity index (χ3v) is 4.30. The monoisotopic (exact) mass is 308 g/mol. The molecule has 0 saturated carbocycles. The zero-order chi connectivity index (χ0) is 15.3. The fourth-order valence-corrected chi connectivity index (χ4v) is 2.50.